The van der Waals surface area contributed by atoms with E-state index in [1.165, 1.54) is 18.2 Å². The number of rotatable bonds is 4. The van der Waals surface area contributed by atoms with Crippen molar-refractivity contribution < 1.29 is 17.6 Å². The van der Waals surface area contributed by atoms with Gasteiger partial charge in [-0.05, 0) is 37.2 Å². The zero-order valence-electron chi connectivity index (χ0n) is 10.8. The van der Waals surface area contributed by atoms with E-state index in [4.69, 9.17) is 0 Å². The highest BCUT2D eigenvalue weighted by Gasteiger charge is 2.17. The summed E-state index contributed by atoms with van der Waals surface area (Å²) in [7, 11) is 1.59. The molecule has 1 N–H and O–H groups in total. The molecule has 1 nitrogen and oxygen atoms in total. The smallest absolute Gasteiger partial charge is 0.163 e. The van der Waals surface area contributed by atoms with Crippen molar-refractivity contribution in [2.24, 2.45) is 0 Å². The molecule has 0 saturated heterocycles. The van der Waals surface area contributed by atoms with Crippen molar-refractivity contribution in [2.75, 3.05) is 7.05 Å². The molecular weight excluding hydrogens is 270 g/mol. The van der Waals surface area contributed by atoms with Crippen molar-refractivity contribution in [2.45, 2.75) is 12.5 Å². The summed E-state index contributed by atoms with van der Waals surface area (Å²) >= 11 is 0. The van der Waals surface area contributed by atoms with Gasteiger partial charge in [-0.25, -0.2) is 17.6 Å². The van der Waals surface area contributed by atoms with E-state index in [0.717, 1.165) is 18.2 Å². The van der Waals surface area contributed by atoms with Gasteiger partial charge in [0.25, 0.3) is 0 Å². The number of nitrogens with one attached hydrogen (secondary N) is 1. The number of benzene rings is 2. The van der Waals surface area contributed by atoms with Gasteiger partial charge in [0, 0.05) is 11.6 Å². The van der Waals surface area contributed by atoms with Crippen LogP contribution in [0, 0.1) is 23.3 Å². The first kappa shape index (κ1) is 14.5. The topological polar surface area (TPSA) is 12.0 Å². The Bertz CT molecular complexity index is 613. The molecule has 0 aromatic heterocycles. The van der Waals surface area contributed by atoms with Gasteiger partial charge in [-0.15, -0.1) is 0 Å². The Morgan fingerprint density at radius 2 is 1.70 bits per heavy atom. The summed E-state index contributed by atoms with van der Waals surface area (Å²) < 4.78 is 53.0. The van der Waals surface area contributed by atoms with E-state index in [2.05, 4.69) is 5.32 Å². The van der Waals surface area contributed by atoms with Crippen LogP contribution >= 0.6 is 0 Å². The van der Waals surface area contributed by atoms with E-state index >= 15 is 0 Å². The van der Waals surface area contributed by atoms with Gasteiger partial charge < -0.3 is 5.32 Å². The van der Waals surface area contributed by atoms with Crippen molar-refractivity contribution in [1.29, 1.82) is 0 Å². The Morgan fingerprint density at radius 1 is 0.950 bits per heavy atom. The molecule has 106 valence electrons. The fourth-order valence-corrected chi connectivity index (χ4v) is 2.06. The fraction of sp³-hybridized carbons (Fsp3) is 0.200. The van der Waals surface area contributed by atoms with Crippen molar-refractivity contribution in [3.05, 3.63) is 70.8 Å². The van der Waals surface area contributed by atoms with Crippen molar-refractivity contribution in [1.82, 2.24) is 5.32 Å². The summed E-state index contributed by atoms with van der Waals surface area (Å²) in [4.78, 5) is 0. The summed E-state index contributed by atoms with van der Waals surface area (Å²) in [5, 5.41) is 2.85. The molecule has 20 heavy (non-hydrogen) atoms. The zero-order chi connectivity index (χ0) is 14.7. The molecule has 1 atom stereocenters. The molecule has 0 aliphatic heterocycles. The average Bonchev–Trinajstić information content (AvgIpc) is 2.43. The minimum Gasteiger partial charge on any atom is -0.313 e. The Kier molecular flexibility index (Phi) is 4.39. The van der Waals surface area contributed by atoms with Gasteiger partial charge in [-0.2, -0.15) is 0 Å². The molecule has 5 heteroatoms. The number of likely N-dealkylation sites (N-methyl/N-ethyl adjacent to an activating group) is 1. The van der Waals surface area contributed by atoms with Crippen LogP contribution in [0.2, 0.25) is 0 Å². The van der Waals surface area contributed by atoms with Crippen LogP contribution in [0.25, 0.3) is 0 Å². The Labute approximate surface area is 114 Å². The average molecular weight is 283 g/mol. The van der Waals surface area contributed by atoms with Crippen LogP contribution in [0.4, 0.5) is 17.6 Å². The summed E-state index contributed by atoms with van der Waals surface area (Å²) in [6.45, 7) is 0. The monoisotopic (exact) mass is 283 g/mol. The minimum absolute atomic E-state index is 0.150. The van der Waals surface area contributed by atoms with E-state index in [-0.39, 0.29) is 12.0 Å². The predicted octanol–water partition coefficient (Wildman–Crippen LogP) is 3.75. The van der Waals surface area contributed by atoms with Crippen molar-refractivity contribution >= 4 is 0 Å². The summed E-state index contributed by atoms with van der Waals surface area (Å²) in [5.41, 5.74) is 0.643. The highest BCUT2D eigenvalue weighted by molar-refractivity contribution is 5.26. The molecule has 0 fully saturated rings. The van der Waals surface area contributed by atoms with Crippen LogP contribution in [0.5, 0.6) is 0 Å². The Morgan fingerprint density at radius 3 is 2.35 bits per heavy atom. The second kappa shape index (κ2) is 6.05. The van der Waals surface area contributed by atoms with Gasteiger partial charge in [0.15, 0.2) is 23.3 Å². The number of hydrogen-bond donors (Lipinski definition) is 1. The molecule has 0 spiro atoms. The quantitative estimate of drug-likeness (QED) is 0.843. The first-order chi connectivity index (χ1) is 9.52. The lowest BCUT2D eigenvalue weighted by Crippen LogP contribution is -2.20. The van der Waals surface area contributed by atoms with Gasteiger partial charge >= 0.3 is 0 Å². The molecule has 0 aliphatic carbocycles. The van der Waals surface area contributed by atoms with Crippen LogP contribution in [-0.4, -0.2) is 7.05 Å². The third kappa shape index (κ3) is 2.99. The Balaban J connectivity index is 2.28. The van der Waals surface area contributed by atoms with Crippen molar-refractivity contribution in [3.63, 3.8) is 0 Å². The third-order valence-electron chi connectivity index (χ3n) is 3.13. The van der Waals surface area contributed by atoms with Gasteiger partial charge in [-0.1, -0.05) is 18.2 Å². The van der Waals surface area contributed by atoms with Gasteiger partial charge in [-0.3, -0.25) is 0 Å². The minimum atomic E-state index is -0.961. The normalized spacial score (nSPS) is 12.4. The second-order valence-corrected chi connectivity index (χ2v) is 4.44. The van der Waals surface area contributed by atoms with E-state index in [9.17, 15) is 17.6 Å². The van der Waals surface area contributed by atoms with E-state index < -0.39 is 29.3 Å². The molecule has 2 rings (SSSR count). The predicted molar refractivity (Wildman–Crippen MR) is 68.2 cm³/mol. The van der Waals surface area contributed by atoms with Gasteiger partial charge in [0.05, 0.1) is 0 Å². The maximum Gasteiger partial charge on any atom is 0.163 e. The number of halogens is 4. The van der Waals surface area contributed by atoms with E-state index in [1.807, 2.05) is 0 Å². The lowest BCUT2D eigenvalue weighted by atomic mass is 9.98. The molecule has 2 aromatic carbocycles. The fourth-order valence-electron chi connectivity index (χ4n) is 2.06. The Hall–Kier alpha value is -1.88. The molecule has 1 unspecified atom stereocenters. The van der Waals surface area contributed by atoms with Crippen LogP contribution in [-0.2, 0) is 6.42 Å². The summed E-state index contributed by atoms with van der Waals surface area (Å²) in [6, 6.07) is 6.85. The molecule has 2 aromatic rings. The largest absolute Gasteiger partial charge is 0.313 e. The van der Waals surface area contributed by atoms with Gasteiger partial charge in [0.2, 0.25) is 0 Å². The van der Waals surface area contributed by atoms with Gasteiger partial charge in [0.1, 0.15) is 0 Å². The van der Waals surface area contributed by atoms with Crippen LogP contribution in [0.15, 0.2) is 36.4 Å². The first-order valence-electron chi connectivity index (χ1n) is 6.08. The lowest BCUT2D eigenvalue weighted by molar-refractivity contribution is 0.471. The van der Waals surface area contributed by atoms with Crippen molar-refractivity contribution in [3.8, 4) is 0 Å². The molecule has 0 saturated carbocycles. The molecule has 0 heterocycles. The third-order valence-corrected chi connectivity index (χ3v) is 3.13. The number of hydrogen-bond acceptors (Lipinski definition) is 1. The second-order valence-electron chi connectivity index (χ2n) is 4.44. The molecule has 0 bridgehead atoms. The maximum atomic E-state index is 13.7. The van der Waals surface area contributed by atoms with Crippen LogP contribution in [0.1, 0.15) is 17.2 Å². The molecule has 0 amide bonds. The summed E-state index contributed by atoms with van der Waals surface area (Å²) in [6.07, 6.45) is 0.216. The van der Waals surface area contributed by atoms with E-state index in [1.54, 1.807) is 7.05 Å². The SMILES string of the molecule is CNC(Cc1ccc(F)c(F)c1)c1cccc(F)c1F. The molecular formula is C15H13F4N. The first-order valence-corrected chi connectivity index (χ1v) is 6.08. The molecule has 0 radical (unpaired) electrons. The van der Waals surface area contributed by atoms with E-state index in [0.29, 0.717) is 5.56 Å². The zero-order valence-corrected chi connectivity index (χ0v) is 10.8. The maximum absolute atomic E-state index is 13.7. The highest BCUT2D eigenvalue weighted by atomic mass is 19.2. The highest BCUT2D eigenvalue weighted by Crippen LogP contribution is 2.23. The summed E-state index contributed by atoms with van der Waals surface area (Å²) in [5.74, 6) is -3.77. The lowest BCUT2D eigenvalue weighted by Gasteiger charge is -2.17. The standard InChI is InChI=1S/C15H13F4N/c1-20-14(10-3-2-4-12(17)15(10)19)8-9-5-6-11(16)13(18)7-9/h2-7,14,20H,8H2,1H3. The van der Waals surface area contributed by atoms with Crippen LogP contribution in [0.3, 0.4) is 0 Å². The van der Waals surface area contributed by atoms with Crippen LogP contribution < -0.4 is 5.32 Å². The molecule has 0 aliphatic rings.